The van der Waals surface area contributed by atoms with Gasteiger partial charge in [0.25, 0.3) is 5.91 Å². The lowest BCUT2D eigenvalue weighted by molar-refractivity contribution is 0.0600. The average molecular weight is 508 g/mol. The molecule has 0 spiro atoms. The van der Waals surface area contributed by atoms with Crippen LogP contribution in [0.1, 0.15) is 55.9 Å². The van der Waals surface area contributed by atoms with E-state index in [-0.39, 0.29) is 29.9 Å². The molecule has 2 aromatic heterocycles. The predicted molar refractivity (Wildman–Crippen MR) is 134 cm³/mol. The lowest BCUT2D eigenvalue weighted by Gasteiger charge is -2.14. The second-order valence-corrected chi connectivity index (χ2v) is 8.85. The van der Waals surface area contributed by atoms with Crippen molar-refractivity contribution in [3.8, 4) is 5.88 Å². The molecular weight excluding hydrogens is 480 g/mol. The number of nitrogens with zero attached hydrogens (tertiary/aromatic N) is 2. The van der Waals surface area contributed by atoms with Gasteiger partial charge in [-0.05, 0) is 61.2 Å². The molecule has 2 aromatic carbocycles. The number of amides is 1. The van der Waals surface area contributed by atoms with Gasteiger partial charge in [-0.2, -0.15) is 9.61 Å². The van der Waals surface area contributed by atoms with Gasteiger partial charge in [0.1, 0.15) is 18.2 Å². The zero-order valence-electron chi connectivity index (χ0n) is 21.0. The highest BCUT2D eigenvalue weighted by atomic mass is 19.1. The van der Waals surface area contributed by atoms with E-state index >= 15 is 0 Å². The summed E-state index contributed by atoms with van der Waals surface area (Å²) in [5.74, 6) is -1.97. The summed E-state index contributed by atoms with van der Waals surface area (Å²) in [5, 5.41) is 7.39. The summed E-state index contributed by atoms with van der Waals surface area (Å²) < 4.78 is 40.1. The molecule has 1 atom stereocenters. The van der Waals surface area contributed by atoms with E-state index < -0.39 is 17.6 Å². The fraction of sp³-hybridized carbons (Fsp3) is 0.250. The van der Waals surface area contributed by atoms with Gasteiger partial charge in [-0.1, -0.05) is 25.1 Å². The first-order valence-corrected chi connectivity index (χ1v) is 11.7. The summed E-state index contributed by atoms with van der Waals surface area (Å²) >= 11 is 0. The molecule has 0 radical (unpaired) electrons. The van der Waals surface area contributed by atoms with Crippen LogP contribution in [0.15, 0.2) is 54.6 Å². The highest BCUT2D eigenvalue weighted by molar-refractivity contribution is 6.02. The third-order valence-electron chi connectivity index (χ3n) is 6.12. The summed E-state index contributed by atoms with van der Waals surface area (Å²) in [7, 11) is 1.33. The van der Waals surface area contributed by atoms with Gasteiger partial charge in [-0.25, -0.2) is 13.6 Å². The van der Waals surface area contributed by atoms with Gasteiger partial charge in [0.05, 0.1) is 35.0 Å². The van der Waals surface area contributed by atoms with Crippen molar-refractivity contribution in [3.05, 3.63) is 99.7 Å². The highest BCUT2D eigenvalue weighted by Crippen LogP contribution is 2.25. The first-order chi connectivity index (χ1) is 17.7. The van der Waals surface area contributed by atoms with Crippen molar-refractivity contribution in [1.29, 1.82) is 0 Å². The van der Waals surface area contributed by atoms with E-state index in [4.69, 9.17) is 9.47 Å². The summed E-state index contributed by atoms with van der Waals surface area (Å²) in [5.41, 5.74) is 3.29. The average Bonchev–Trinajstić information content (AvgIpc) is 3.21. The summed E-state index contributed by atoms with van der Waals surface area (Å²) in [6.07, 6.45) is 0. The van der Waals surface area contributed by atoms with Crippen LogP contribution in [0.5, 0.6) is 5.88 Å². The molecular formula is C28H27F2N3O4. The molecule has 0 saturated carbocycles. The fourth-order valence-corrected chi connectivity index (χ4v) is 4.10. The van der Waals surface area contributed by atoms with Crippen molar-refractivity contribution in [2.75, 3.05) is 13.7 Å². The highest BCUT2D eigenvalue weighted by Gasteiger charge is 2.21. The smallest absolute Gasteiger partial charge is 0.337 e. The van der Waals surface area contributed by atoms with E-state index in [1.807, 2.05) is 19.9 Å². The molecule has 0 saturated heterocycles. The lowest BCUT2D eigenvalue weighted by Crippen LogP contribution is -2.28. The summed E-state index contributed by atoms with van der Waals surface area (Å²) in [6.45, 7) is 5.47. The Hall–Kier alpha value is -4.27. The second kappa shape index (κ2) is 10.8. The number of ether oxygens (including phenoxy) is 2. The van der Waals surface area contributed by atoms with Gasteiger partial charge >= 0.3 is 5.97 Å². The van der Waals surface area contributed by atoms with Crippen LogP contribution in [-0.4, -0.2) is 35.1 Å². The molecule has 1 N–H and O–H groups in total. The van der Waals surface area contributed by atoms with Crippen LogP contribution in [0.3, 0.4) is 0 Å². The second-order valence-electron chi connectivity index (χ2n) is 8.85. The van der Waals surface area contributed by atoms with Crippen LogP contribution in [0.25, 0.3) is 5.52 Å². The molecule has 4 rings (SSSR count). The van der Waals surface area contributed by atoms with Crippen molar-refractivity contribution in [2.45, 2.75) is 33.3 Å². The maximum absolute atomic E-state index is 14.1. The van der Waals surface area contributed by atoms with Crippen LogP contribution < -0.4 is 10.1 Å². The Labute approximate surface area is 213 Å². The van der Waals surface area contributed by atoms with Crippen molar-refractivity contribution < 1.29 is 27.8 Å². The van der Waals surface area contributed by atoms with Crippen molar-refractivity contribution in [3.63, 3.8) is 0 Å². The molecule has 1 unspecified atom stereocenters. The molecule has 37 heavy (non-hydrogen) atoms. The zero-order chi connectivity index (χ0) is 26.7. The van der Waals surface area contributed by atoms with E-state index in [0.717, 1.165) is 11.1 Å². The molecule has 192 valence electrons. The van der Waals surface area contributed by atoms with E-state index in [0.29, 0.717) is 28.9 Å². The van der Waals surface area contributed by atoms with Crippen LogP contribution >= 0.6 is 0 Å². The number of hydrogen-bond donors (Lipinski definition) is 1. The normalized spacial score (nSPS) is 11.8. The summed E-state index contributed by atoms with van der Waals surface area (Å²) in [6, 6.07) is 14.2. The van der Waals surface area contributed by atoms with E-state index in [1.165, 1.54) is 29.8 Å². The number of carbonyl (C=O) groups is 2. The molecule has 2 heterocycles. The van der Waals surface area contributed by atoms with Gasteiger partial charge in [-0.3, -0.25) is 4.79 Å². The molecule has 0 fully saturated rings. The van der Waals surface area contributed by atoms with E-state index in [2.05, 4.69) is 10.4 Å². The van der Waals surface area contributed by atoms with Gasteiger partial charge in [0.2, 0.25) is 5.88 Å². The number of aryl methyl sites for hydroxylation is 2. The van der Waals surface area contributed by atoms with Crippen LogP contribution in [0.4, 0.5) is 8.78 Å². The third kappa shape index (κ3) is 5.45. The van der Waals surface area contributed by atoms with Gasteiger partial charge in [0, 0.05) is 12.6 Å². The number of benzene rings is 2. The Morgan fingerprint density at radius 2 is 1.76 bits per heavy atom. The predicted octanol–water partition coefficient (Wildman–Crippen LogP) is 5.13. The number of fused-ring (bicyclic) bond motifs is 1. The fourth-order valence-electron chi connectivity index (χ4n) is 4.10. The Morgan fingerprint density at radius 3 is 2.46 bits per heavy atom. The number of hydrogen-bond acceptors (Lipinski definition) is 5. The summed E-state index contributed by atoms with van der Waals surface area (Å²) in [4.78, 5) is 25.0. The van der Waals surface area contributed by atoms with Crippen LogP contribution in [0.2, 0.25) is 0 Å². The monoisotopic (exact) mass is 507 g/mol. The number of methoxy groups -OCH3 is 1. The molecule has 7 nitrogen and oxygen atoms in total. The maximum Gasteiger partial charge on any atom is 0.337 e. The van der Waals surface area contributed by atoms with Crippen molar-refractivity contribution in [1.82, 2.24) is 14.9 Å². The lowest BCUT2D eigenvalue weighted by atomic mass is 9.99. The quantitative estimate of drug-likeness (QED) is 0.335. The molecule has 4 aromatic rings. The first-order valence-electron chi connectivity index (χ1n) is 11.7. The molecule has 9 heteroatoms. The number of aromatic nitrogens is 2. The van der Waals surface area contributed by atoms with Crippen LogP contribution in [0, 0.1) is 25.5 Å². The maximum atomic E-state index is 14.1. The number of rotatable bonds is 8. The largest absolute Gasteiger partial charge is 0.473 e. The third-order valence-corrected chi connectivity index (χ3v) is 6.12. The molecule has 0 aliphatic heterocycles. The topological polar surface area (TPSA) is 81.9 Å². The zero-order valence-corrected chi connectivity index (χ0v) is 21.0. The van der Waals surface area contributed by atoms with Crippen molar-refractivity contribution >= 4 is 17.4 Å². The number of esters is 1. The number of nitrogens with one attached hydrogen (secondary N) is 1. The SMILES string of the molecule is COC(=O)c1cccc(C(C)CNC(=O)c2c(C)nn3c(OCc4c(F)cccc4F)cc(C)cc23)c1. The number of carbonyl (C=O) groups excluding carboxylic acids is 2. The Morgan fingerprint density at radius 1 is 1.05 bits per heavy atom. The molecule has 0 aliphatic rings. The van der Waals surface area contributed by atoms with E-state index in [1.54, 1.807) is 37.3 Å². The van der Waals surface area contributed by atoms with Gasteiger partial charge in [-0.15, -0.1) is 0 Å². The number of halogens is 2. The Balaban J connectivity index is 1.54. The molecule has 0 aliphatic carbocycles. The minimum Gasteiger partial charge on any atom is -0.473 e. The Bertz CT molecular complexity index is 1460. The van der Waals surface area contributed by atoms with E-state index in [9.17, 15) is 18.4 Å². The van der Waals surface area contributed by atoms with Crippen LogP contribution in [-0.2, 0) is 11.3 Å². The minimum absolute atomic E-state index is 0.0769. The minimum atomic E-state index is -0.702. The molecule has 0 bridgehead atoms. The van der Waals surface area contributed by atoms with Crippen molar-refractivity contribution in [2.24, 2.45) is 0 Å². The standard InChI is InChI=1S/C28H27F2N3O4/c1-16-11-24-26(27(34)31-14-17(2)19-7-5-8-20(13-19)28(35)36-4)18(3)32-33(24)25(12-16)37-15-21-22(29)9-6-10-23(21)30/h5-13,17H,14-15H2,1-4H3,(H,31,34). The van der Waals surface area contributed by atoms with Gasteiger partial charge in [0.15, 0.2) is 0 Å². The first kappa shape index (κ1) is 25.8. The number of pyridine rings is 1. The van der Waals surface area contributed by atoms with Gasteiger partial charge < -0.3 is 14.8 Å². The molecule has 1 amide bonds. The Kier molecular flexibility index (Phi) is 7.52.